The molecule has 36 heavy (non-hydrogen) atoms. The summed E-state index contributed by atoms with van der Waals surface area (Å²) in [6.45, 7) is 1.31. The number of alkyl halides is 2. The number of benzene rings is 1. The van der Waals surface area contributed by atoms with E-state index >= 15 is 0 Å². The molecule has 0 radical (unpaired) electrons. The molecule has 1 aliphatic carbocycles. The van der Waals surface area contributed by atoms with Crippen molar-refractivity contribution in [1.82, 2.24) is 20.3 Å². The Morgan fingerprint density at radius 3 is 2.64 bits per heavy atom. The fraction of sp³-hybridized carbons (Fsp3) is 0.320. The number of esters is 1. The highest BCUT2D eigenvalue weighted by Gasteiger charge is 2.23. The first kappa shape index (κ1) is 25.0. The van der Waals surface area contributed by atoms with Gasteiger partial charge in [-0.2, -0.15) is 8.78 Å². The van der Waals surface area contributed by atoms with Gasteiger partial charge in [-0.3, -0.25) is 9.78 Å². The number of amides is 1. The Bertz CT molecular complexity index is 1270. The van der Waals surface area contributed by atoms with Gasteiger partial charge in [-0.1, -0.05) is 0 Å². The number of aromatic nitrogens is 3. The summed E-state index contributed by atoms with van der Waals surface area (Å²) in [7, 11) is 0. The molecule has 2 aromatic heterocycles. The molecule has 9 nitrogen and oxygen atoms in total. The summed E-state index contributed by atoms with van der Waals surface area (Å²) in [6, 6.07) is 5.97. The van der Waals surface area contributed by atoms with E-state index in [1.54, 1.807) is 19.9 Å². The average Bonchev–Trinajstić information content (AvgIpc) is 3.68. The minimum atomic E-state index is -2.99. The van der Waals surface area contributed by atoms with E-state index in [0.717, 1.165) is 12.8 Å². The van der Waals surface area contributed by atoms with Gasteiger partial charge in [-0.15, -0.1) is 0 Å². The topological polar surface area (TPSA) is 113 Å². The summed E-state index contributed by atoms with van der Waals surface area (Å²) in [4.78, 5) is 37.1. The van der Waals surface area contributed by atoms with E-state index < -0.39 is 12.6 Å². The van der Waals surface area contributed by atoms with Crippen LogP contribution in [0.25, 0.3) is 11.3 Å². The van der Waals surface area contributed by atoms with Crippen molar-refractivity contribution in [1.29, 1.82) is 0 Å². The number of rotatable bonds is 10. The second kappa shape index (κ2) is 11.1. The zero-order chi connectivity index (χ0) is 25.7. The minimum Gasteiger partial charge on any atom is -0.489 e. The number of nitrogens with one attached hydrogen (secondary N) is 1. The third kappa shape index (κ3) is 6.29. The van der Waals surface area contributed by atoms with E-state index in [4.69, 9.17) is 9.47 Å². The van der Waals surface area contributed by atoms with E-state index in [0.29, 0.717) is 41.5 Å². The lowest BCUT2D eigenvalue weighted by Gasteiger charge is -2.13. The molecule has 3 aromatic rings. The average molecular weight is 498 g/mol. The minimum absolute atomic E-state index is 0.0273. The van der Waals surface area contributed by atoms with E-state index in [1.165, 1.54) is 36.8 Å². The standard InChI is InChI=1S/C25H24F2N4O5/c1-3-29-23(32)17-8-14(2)22(30-10-17)24(33)36-21-12-28-11-18(31-21)16-6-7-19(35-25(26)27)20(9-16)34-13-15-4-5-15/h6-12,15,25H,3-5,13H2,1-2H3,(H,29,32). The fourth-order valence-corrected chi connectivity index (χ4v) is 3.32. The molecule has 0 saturated heterocycles. The molecule has 0 spiro atoms. The summed E-state index contributed by atoms with van der Waals surface area (Å²) in [5.74, 6) is -0.659. The van der Waals surface area contributed by atoms with Crippen LogP contribution < -0.4 is 19.5 Å². The lowest BCUT2D eigenvalue weighted by atomic mass is 10.1. The molecule has 0 atom stereocenters. The van der Waals surface area contributed by atoms with Gasteiger partial charge in [0, 0.05) is 18.3 Å². The zero-order valence-corrected chi connectivity index (χ0v) is 19.7. The number of carbonyl (C=O) groups is 2. The van der Waals surface area contributed by atoms with Gasteiger partial charge in [-0.05, 0) is 62.4 Å². The lowest BCUT2D eigenvalue weighted by Crippen LogP contribution is -2.23. The van der Waals surface area contributed by atoms with Crippen molar-refractivity contribution in [2.24, 2.45) is 5.92 Å². The molecule has 0 unspecified atom stereocenters. The molecule has 188 valence electrons. The Hall–Kier alpha value is -4.15. The smallest absolute Gasteiger partial charge is 0.387 e. The molecular weight excluding hydrogens is 474 g/mol. The van der Waals surface area contributed by atoms with Crippen LogP contribution in [0.3, 0.4) is 0 Å². The van der Waals surface area contributed by atoms with Gasteiger partial charge in [-0.25, -0.2) is 14.8 Å². The number of aryl methyl sites for hydroxylation is 1. The highest BCUT2D eigenvalue weighted by Crippen LogP contribution is 2.36. The number of ether oxygens (including phenoxy) is 3. The number of nitrogens with zero attached hydrogens (tertiary/aromatic N) is 3. The molecule has 11 heteroatoms. The quantitative estimate of drug-likeness (QED) is 0.414. The van der Waals surface area contributed by atoms with Crippen LogP contribution in [0.15, 0.2) is 42.9 Å². The monoisotopic (exact) mass is 498 g/mol. The molecule has 1 aromatic carbocycles. The maximum atomic E-state index is 12.8. The Balaban J connectivity index is 1.52. The van der Waals surface area contributed by atoms with E-state index in [-0.39, 0.29) is 29.0 Å². The first-order chi connectivity index (χ1) is 17.3. The zero-order valence-electron chi connectivity index (χ0n) is 19.7. The van der Waals surface area contributed by atoms with Gasteiger partial charge in [0.1, 0.15) is 0 Å². The van der Waals surface area contributed by atoms with Crippen LogP contribution in [0, 0.1) is 12.8 Å². The summed E-state index contributed by atoms with van der Waals surface area (Å²) < 4.78 is 41.2. The van der Waals surface area contributed by atoms with Crippen molar-refractivity contribution in [3.05, 3.63) is 59.7 Å². The van der Waals surface area contributed by atoms with Gasteiger partial charge in [0.25, 0.3) is 5.91 Å². The highest BCUT2D eigenvalue weighted by molar-refractivity contribution is 5.96. The van der Waals surface area contributed by atoms with Gasteiger partial charge in [0.15, 0.2) is 17.2 Å². The Morgan fingerprint density at radius 1 is 1.14 bits per heavy atom. The Morgan fingerprint density at radius 2 is 1.94 bits per heavy atom. The maximum Gasteiger partial charge on any atom is 0.387 e. The molecule has 1 amide bonds. The summed E-state index contributed by atoms with van der Waals surface area (Å²) in [5, 5.41) is 2.66. The van der Waals surface area contributed by atoms with Crippen molar-refractivity contribution in [2.45, 2.75) is 33.3 Å². The Kier molecular flexibility index (Phi) is 7.67. The van der Waals surface area contributed by atoms with E-state index in [9.17, 15) is 18.4 Å². The number of hydrogen-bond acceptors (Lipinski definition) is 8. The van der Waals surface area contributed by atoms with Crippen LogP contribution in [0.5, 0.6) is 17.4 Å². The van der Waals surface area contributed by atoms with Crippen LogP contribution in [0.4, 0.5) is 8.78 Å². The number of carbonyl (C=O) groups excluding carboxylic acids is 2. The number of halogens is 2. The normalized spacial score (nSPS) is 12.8. The first-order valence-electron chi connectivity index (χ1n) is 11.3. The van der Waals surface area contributed by atoms with Crippen LogP contribution in [0.1, 0.15) is 46.2 Å². The summed E-state index contributed by atoms with van der Waals surface area (Å²) in [6.07, 6.45) is 6.07. The predicted octanol–water partition coefficient (Wildman–Crippen LogP) is 4.21. The first-order valence-corrected chi connectivity index (χ1v) is 11.3. The third-order valence-electron chi connectivity index (χ3n) is 5.31. The van der Waals surface area contributed by atoms with Crippen molar-refractivity contribution in [2.75, 3.05) is 13.2 Å². The Labute approximate surface area is 205 Å². The summed E-state index contributed by atoms with van der Waals surface area (Å²) in [5.41, 5.74) is 1.65. The van der Waals surface area contributed by atoms with Crippen molar-refractivity contribution in [3.8, 4) is 28.6 Å². The van der Waals surface area contributed by atoms with Crippen LogP contribution in [-0.4, -0.2) is 46.6 Å². The van der Waals surface area contributed by atoms with Crippen molar-refractivity contribution >= 4 is 11.9 Å². The van der Waals surface area contributed by atoms with Gasteiger partial charge >= 0.3 is 12.6 Å². The SMILES string of the molecule is CCNC(=O)c1cnc(C(=O)Oc2cncc(-c3ccc(OC(F)F)c(OCC4CC4)c3)n2)c(C)c1. The molecular formula is C25H24F2N4O5. The summed E-state index contributed by atoms with van der Waals surface area (Å²) >= 11 is 0. The van der Waals surface area contributed by atoms with E-state index in [1.807, 2.05) is 0 Å². The molecule has 1 N–H and O–H groups in total. The molecule has 2 heterocycles. The van der Waals surface area contributed by atoms with Crippen LogP contribution in [-0.2, 0) is 0 Å². The molecule has 1 saturated carbocycles. The van der Waals surface area contributed by atoms with Crippen LogP contribution in [0.2, 0.25) is 0 Å². The van der Waals surface area contributed by atoms with Crippen molar-refractivity contribution in [3.63, 3.8) is 0 Å². The van der Waals surface area contributed by atoms with Crippen molar-refractivity contribution < 1.29 is 32.6 Å². The predicted molar refractivity (Wildman–Crippen MR) is 124 cm³/mol. The maximum absolute atomic E-state index is 12.8. The second-order valence-electron chi connectivity index (χ2n) is 8.18. The molecule has 4 rings (SSSR count). The van der Waals surface area contributed by atoms with Gasteiger partial charge < -0.3 is 19.5 Å². The highest BCUT2D eigenvalue weighted by atomic mass is 19.3. The van der Waals surface area contributed by atoms with Gasteiger partial charge in [0.05, 0.1) is 30.3 Å². The number of hydrogen-bond donors (Lipinski definition) is 1. The molecule has 0 bridgehead atoms. The second-order valence-corrected chi connectivity index (χ2v) is 8.18. The largest absolute Gasteiger partial charge is 0.489 e. The third-order valence-corrected chi connectivity index (χ3v) is 5.31. The molecule has 1 fully saturated rings. The van der Waals surface area contributed by atoms with E-state index in [2.05, 4.69) is 25.0 Å². The lowest BCUT2D eigenvalue weighted by molar-refractivity contribution is -0.0515. The molecule has 1 aliphatic rings. The fourth-order valence-electron chi connectivity index (χ4n) is 3.32. The van der Waals surface area contributed by atoms with Crippen LogP contribution >= 0.6 is 0 Å². The van der Waals surface area contributed by atoms with Gasteiger partial charge in [0.2, 0.25) is 5.88 Å². The number of pyridine rings is 1. The molecule has 0 aliphatic heterocycles.